The summed E-state index contributed by atoms with van der Waals surface area (Å²) in [5.41, 5.74) is 1.55. The van der Waals surface area contributed by atoms with Gasteiger partial charge in [0.1, 0.15) is 11.3 Å². The highest BCUT2D eigenvalue weighted by Gasteiger charge is 2.16. The number of hydrogen-bond acceptors (Lipinski definition) is 3. The molecule has 0 atom stereocenters. The molecule has 2 aromatic heterocycles. The fourth-order valence-corrected chi connectivity index (χ4v) is 2.27. The van der Waals surface area contributed by atoms with Crippen LogP contribution in [0.25, 0.3) is 5.65 Å². The first-order valence-electron chi connectivity index (χ1n) is 6.43. The third-order valence-electron chi connectivity index (χ3n) is 3.06. The van der Waals surface area contributed by atoms with Crippen LogP contribution in [0.2, 0.25) is 5.02 Å². The van der Waals surface area contributed by atoms with Gasteiger partial charge in [-0.3, -0.25) is 4.40 Å². The lowest BCUT2D eigenvalue weighted by Gasteiger charge is -2.07. The first kappa shape index (κ1) is 13.9. The summed E-state index contributed by atoms with van der Waals surface area (Å²) in [6, 6.07) is 10.3. The molecule has 0 spiro atoms. The number of imidazole rings is 1. The first-order chi connectivity index (χ1) is 10.2. The summed E-state index contributed by atoms with van der Waals surface area (Å²) in [5, 5.41) is 3.07. The van der Waals surface area contributed by atoms with Crippen molar-refractivity contribution in [2.24, 2.45) is 0 Å². The summed E-state index contributed by atoms with van der Waals surface area (Å²) in [5.74, 6) is -0.174. The van der Waals surface area contributed by atoms with Crippen molar-refractivity contribution in [2.45, 2.75) is 6.54 Å². The number of nitrogens with one attached hydrogen (secondary N) is 1. The van der Waals surface area contributed by atoms with Gasteiger partial charge in [-0.25, -0.2) is 4.39 Å². The summed E-state index contributed by atoms with van der Waals surface area (Å²) in [4.78, 5) is 4.39. The molecule has 1 N–H and O–H groups in total. The molecule has 0 radical (unpaired) electrons. The van der Waals surface area contributed by atoms with Crippen LogP contribution >= 0.6 is 11.6 Å². The van der Waals surface area contributed by atoms with Crippen LogP contribution < -0.4 is 10.1 Å². The van der Waals surface area contributed by atoms with Crippen molar-refractivity contribution in [1.29, 1.82) is 0 Å². The molecule has 6 heteroatoms. The molecule has 0 amide bonds. The molecule has 21 heavy (non-hydrogen) atoms. The quantitative estimate of drug-likeness (QED) is 0.800. The van der Waals surface area contributed by atoms with Crippen molar-refractivity contribution in [2.75, 3.05) is 7.05 Å². The Morgan fingerprint density at radius 1 is 1.29 bits per heavy atom. The van der Waals surface area contributed by atoms with Gasteiger partial charge in [0.2, 0.25) is 5.88 Å². The van der Waals surface area contributed by atoms with Gasteiger partial charge >= 0.3 is 0 Å². The highest BCUT2D eigenvalue weighted by Crippen LogP contribution is 2.30. The Hall–Kier alpha value is -2.11. The second-order valence-corrected chi connectivity index (χ2v) is 4.88. The van der Waals surface area contributed by atoms with Crippen molar-refractivity contribution < 1.29 is 9.13 Å². The minimum absolute atomic E-state index is 0.0198. The van der Waals surface area contributed by atoms with Gasteiger partial charge in [0, 0.05) is 12.7 Å². The Bertz CT molecular complexity index is 788. The molecule has 0 aliphatic carbocycles. The normalized spacial score (nSPS) is 11.0. The standard InChI is InChI=1S/C15H13ClFN3O/c1-18-9-11-15(19-13-7-2-3-8-20(11)13)21-12-6-4-5-10(16)14(12)17/h2-8,18H,9H2,1H3. The lowest BCUT2D eigenvalue weighted by atomic mass is 10.3. The van der Waals surface area contributed by atoms with E-state index in [4.69, 9.17) is 16.3 Å². The molecule has 0 saturated heterocycles. The van der Waals surface area contributed by atoms with Crippen molar-refractivity contribution in [3.05, 3.63) is 59.1 Å². The van der Waals surface area contributed by atoms with Gasteiger partial charge in [-0.1, -0.05) is 23.7 Å². The zero-order valence-electron chi connectivity index (χ0n) is 11.3. The highest BCUT2D eigenvalue weighted by molar-refractivity contribution is 6.30. The van der Waals surface area contributed by atoms with Crippen LogP contribution in [0.3, 0.4) is 0 Å². The molecule has 3 aromatic rings. The largest absolute Gasteiger partial charge is 0.434 e. The summed E-state index contributed by atoms with van der Waals surface area (Å²) < 4.78 is 21.5. The van der Waals surface area contributed by atoms with E-state index in [1.165, 1.54) is 12.1 Å². The van der Waals surface area contributed by atoms with Crippen LogP contribution in [0.15, 0.2) is 42.6 Å². The molecule has 0 saturated carbocycles. The van der Waals surface area contributed by atoms with Crippen LogP contribution in [0.1, 0.15) is 5.69 Å². The second kappa shape index (κ2) is 5.71. The van der Waals surface area contributed by atoms with Crippen LogP contribution in [0.5, 0.6) is 11.6 Å². The number of pyridine rings is 1. The highest BCUT2D eigenvalue weighted by atomic mass is 35.5. The number of hydrogen-bond donors (Lipinski definition) is 1. The van der Waals surface area contributed by atoms with Gasteiger partial charge in [-0.05, 0) is 31.3 Å². The summed E-state index contributed by atoms with van der Waals surface area (Å²) >= 11 is 5.77. The van der Waals surface area contributed by atoms with E-state index < -0.39 is 5.82 Å². The summed E-state index contributed by atoms with van der Waals surface area (Å²) in [7, 11) is 1.83. The molecule has 108 valence electrons. The van der Waals surface area contributed by atoms with E-state index >= 15 is 0 Å². The van der Waals surface area contributed by atoms with E-state index in [0.29, 0.717) is 12.4 Å². The molecule has 1 aromatic carbocycles. The van der Waals surface area contributed by atoms with E-state index in [-0.39, 0.29) is 10.8 Å². The van der Waals surface area contributed by atoms with Gasteiger partial charge in [-0.2, -0.15) is 4.98 Å². The fourth-order valence-electron chi connectivity index (χ4n) is 2.10. The maximum atomic E-state index is 14.0. The Morgan fingerprint density at radius 3 is 2.95 bits per heavy atom. The van der Waals surface area contributed by atoms with Crippen LogP contribution in [0, 0.1) is 5.82 Å². The topological polar surface area (TPSA) is 38.6 Å². The first-order valence-corrected chi connectivity index (χ1v) is 6.81. The lowest BCUT2D eigenvalue weighted by molar-refractivity contribution is 0.423. The van der Waals surface area contributed by atoms with Crippen LogP contribution in [0.4, 0.5) is 4.39 Å². The minimum Gasteiger partial charge on any atom is -0.434 e. The molecule has 0 aliphatic rings. The third kappa shape index (κ3) is 2.57. The summed E-state index contributed by atoms with van der Waals surface area (Å²) in [6.45, 7) is 0.544. The minimum atomic E-state index is -0.591. The van der Waals surface area contributed by atoms with E-state index in [2.05, 4.69) is 10.3 Å². The Balaban J connectivity index is 2.07. The van der Waals surface area contributed by atoms with Crippen molar-refractivity contribution in [3.8, 4) is 11.6 Å². The van der Waals surface area contributed by atoms with Crippen LogP contribution in [-0.2, 0) is 6.54 Å². The second-order valence-electron chi connectivity index (χ2n) is 4.48. The maximum absolute atomic E-state index is 14.0. The van der Waals surface area contributed by atoms with Gasteiger partial charge in [0.25, 0.3) is 0 Å². The molecule has 0 fully saturated rings. The average molecular weight is 306 g/mol. The number of ether oxygens (including phenoxy) is 1. The van der Waals surface area contributed by atoms with Crippen molar-refractivity contribution >= 4 is 17.2 Å². The van der Waals surface area contributed by atoms with E-state index in [0.717, 1.165) is 11.3 Å². The molecular formula is C15H13ClFN3O. The predicted octanol–water partition coefficient (Wildman–Crippen LogP) is 3.64. The molecule has 0 bridgehead atoms. The molecular weight excluding hydrogens is 293 g/mol. The molecule has 4 nitrogen and oxygen atoms in total. The number of aromatic nitrogens is 2. The van der Waals surface area contributed by atoms with Crippen molar-refractivity contribution in [1.82, 2.24) is 14.7 Å². The summed E-state index contributed by atoms with van der Waals surface area (Å²) in [6.07, 6.45) is 1.89. The Labute approximate surface area is 126 Å². The van der Waals surface area contributed by atoms with Gasteiger partial charge < -0.3 is 10.1 Å². The van der Waals surface area contributed by atoms with Gasteiger partial charge in [-0.15, -0.1) is 0 Å². The van der Waals surface area contributed by atoms with Gasteiger partial charge in [0.05, 0.1) is 5.02 Å². The molecule has 0 unspecified atom stereocenters. The van der Waals surface area contributed by atoms with Crippen LogP contribution in [-0.4, -0.2) is 16.4 Å². The predicted molar refractivity (Wildman–Crippen MR) is 79.4 cm³/mol. The van der Waals surface area contributed by atoms with E-state index in [1.807, 2.05) is 35.8 Å². The lowest BCUT2D eigenvalue weighted by Crippen LogP contribution is -2.08. The Kier molecular flexibility index (Phi) is 3.77. The number of benzene rings is 1. The monoisotopic (exact) mass is 305 g/mol. The number of halogens is 2. The van der Waals surface area contributed by atoms with E-state index in [1.54, 1.807) is 6.07 Å². The van der Waals surface area contributed by atoms with Gasteiger partial charge in [0.15, 0.2) is 11.6 Å². The Morgan fingerprint density at radius 2 is 2.14 bits per heavy atom. The number of fused-ring (bicyclic) bond motifs is 1. The van der Waals surface area contributed by atoms with E-state index in [9.17, 15) is 4.39 Å². The fraction of sp³-hybridized carbons (Fsp3) is 0.133. The van der Waals surface area contributed by atoms with Crippen molar-refractivity contribution in [3.63, 3.8) is 0 Å². The average Bonchev–Trinajstić information content (AvgIpc) is 2.82. The smallest absolute Gasteiger partial charge is 0.242 e. The molecule has 2 heterocycles. The zero-order valence-corrected chi connectivity index (χ0v) is 12.1. The zero-order chi connectivity index (χ0) is 14.8. The maximum Gasteiger partial charge on any atom is 0.242 e. The third-order valence-corrected chi connectivity index (χ3v) is 3.35. The molecule has 3 rings (SSSR count). The SMILES string of the molecule is CNCc1c(Oc2cccc(Cl)c2F)nc2ccccn12. The molecule has 0 aliphatic heterocycles. The number of nitrogens with zero attached hydrogens (tertiary/aromatic N) is 2. The number of rotatable bonds is 4.